The minimum absolute atomic E-state index is 0.120. The average Bonchev–Trinajstić information content (AvgIpc) is 2.46. The summed E-state index contributed by atoms with van der Waals surface area (Å²) in [6, 6.07) is 7.55. The van der Waals surface area contributed by atoms with Crippen LogP contribution >= 0.6 is 11.8 Å². The van der Waals surface area contributed by atoms with Crippen molar-refractivity contribution in [3.8, 4) is 0 Å². The van der Waals surface area contributed by atoms with Gasteiger partial charge in [0, 0.05) is 6.04 Å². The largest absolute Gasteiger partial charge is 0.314 e. The van der Waals surface area contributed by atoms with E-state index in [1.165, 1.54) is 36.8 Å². The van der Waals surface area contributed by atoms with Gasteiger partial charge in [0.05, 0.1) is 0 Å². The molecule has 1 nitrogen and oxygen atoms in total. The normalized spacial score (nSPS) is 18.1. The topological polar surface area (TPSA) is 12.0 Å². The summed E-state index contributed by atoms with van der Waals surface area (Å²) in [5.41, 5.74) is 1.11. The second-order valence-electron chi connectivity index (χ2n) is 5.78. The molecule has 0 aromatic heterocycles. The molecular formula is C17H26FNS. The van der Waals surface area contributed by atoms with Crippen LogP contribution in [-0.4, -0.2) is 24.1 Å². The van der Waals surface area contributed by atoms with Crippen LogP contribution in [0.2, 0.25) is 0 Å². The van der Waals surface area contributed by atoms with Crippen LogP contribution in [0.5, 0.6) is 0 Å². The third-order valence-corrected chi connectivity index (χ3v) is 5.06. The fourth-order valence-corrected chi connectivity index (χ4v) is 4.12. The summed E-state index contributed by atoms with van der Waals surface area (Å²) in [5.74, 6) is 3.35. The van der Waals surface area contributed by atoms with Crippen molar-refractivity contribution in [3.63, 3.8) is 0 Å². The van der Waals surface area contributed by atoms with Crippen LogP contribution < -0.4 is 5.32 Å². The van der Waals surface area contributed by atoms with Gasteiger partial charge in [-0.3, -0.25) is 0 Å². The van der Waals surface area contributed by atoms with Crippen LogP contribution in [-0.2, 0) is 6.42 Å². The molecule has 112 valence electrons. The van der Waals surface area contributed by atoms with Crippen LogP contribution in [0.3, 0.4) is 0 Å². The molecule has 0 bridgehead atoms. The SMILES string of the molecule is CCCNC(Cc1cccc(F)c1)CC1CCSCC1. The monoisotopic (exact) mass is 295 g/mol. The number of hydrogen-bond donors (Lipinski definition) is 1. The molecule has 1 N–H and O–H groups in total. The molecule has 1 aliphatic rings. The van der Waals surface area contributed by atoms with Gasteiger partial charge in [0.2, 0.25) is 0 Å². The van der Waals surface area contributed by atoms with E-state index in [-0.39, 0.29) is 5.82 Å². The lowest BCUT2D eigenvalue weighted by Crippen LogP contribution is -2.34. The first-order valence-electron chi connectivity index (χ1n) is 7.83. The highest BCUT2D eigenvalue weighted by Crippen LogP contribution is 2.27. The van der Waals surface area contributed by atoms with Gasteiger partial charge in [-0.1, -0.05) is 19.1 Å². The molecule has 3 heteroatoms. The van der Waals surface area contributed by atoms with Crippen molar-refractivity contribution < 1.29 is 4.39 Å². The van der Waals surface area contributed by atoms with Gasteiger partial charge in [-0.15, -0.1) is 0 Å². The maximum absolute atomic E-state index is 13.3. The fraction of sp³-hybridized carbons (Fsp3) is 0.647. The van der Waals surface area contributed by atoms with Gasteiger partial charge >= 0.3 is 0 Å². The van der Waals surface area contributed by atoms with Crippen LogP contribution in [0.25, 0.3) is 0 Å². The summed E-state index contributed by atoms with van der Waals surface area (Å²) in [6.45, 7) is 3.25. The van der Waals surface area contributed by atoms with E-state index in [2.05, 4.69) is 24.0 Å². The van der Waals surface area contributed by atoms with Gasteiger partial charge in [0.1, 0.15) is 5.82 Å². The molecule has 2 rings (SSSR count). The van der Waals surface area contributed by atoms with Crippen molar-refractivity contribution in [2.45, 2.75) is 45.1 Å². The van der Waals surface area contributed by atoms with E-state index in [1.54, 1.807) is 6.07 Å². The van der Waals surface area contributed by atoms with E-state index in [4.69, 9.17) is 0 Å². The second-order valence-corrected chi connectivity index (χ2v) is 7.00. The molecule has 1 atom stereocenters. The van der Waals surface area contributed by atoms with Crippen molar-refractivity contribution in [1.29, 1.82) is 0 Å². The number of halogens is 1. The Labute approximate surface area is 126 Å². The minimum Gasteiger partial charge on any atom is -0.314 e. The van der Waals surface area contributed by atoms with Crippen molar-refractivity contribution in [1.82, 2.24) is 5.32 Å². The van der Waals surface area contributed by atoms with Gasteiger partial charge in [0.25, 0.3) is 0 Å². The highest BCUT2D eigenvalue weighted by molar-refractivity contribution is 7.99. The Kier molecular flexibility index (Phi) is 6.88. The van der Waals surface area contributed by atoms with Gasteiger partial charge < -0.3 is 5.32 Å². The molecule has 1 aromatic carbocycles. The molecule has 1 heterocycles. The highest BCUT2D eigenvalue weighted by atomic mass is 32.2. The molecule has 0 saturated carbocycles. The summed E-state index contributed by atoms with van der Waals surface area (Å²) in [7, 11) is 0. The quantitative estimate of drug-likeness (QED) is 0.806. The van der Waals surface area contributed by atoms with Crippen molar-refractivity contribution in [3.05, 3.63) is 35.6 Å². The molecule has 0 aliphatic carbocycles. The van der Waals surface area contributed by atoms with Gasteiger partial charge in [0.15, 0.2) is 0 Å². The molecule has 0 radical (unpaired) electrons. The Balaban J connectivity index is 1.91. The number of thioether (sulfide) groups is 1. The third kappa shape index (κ3) is 5.45. The number of benzene rings is 1. The molecule has 20 heavy (non-hydrogen) atoms. The number of nitrogens with one attached hydrogen (secondary N) is 1. The van der Waals surface area contributed by atoms with E-state index in [0.717, 1.165) is 30.9 Å². The first-order valence-corrected chi connectivity index (χ1v) is 8.99. The molecule has 1 fully saturated rings. The molecule has 0 amide bonds. The van der Waals surface area contributed by atoms with Crippen LogP contribution in [0.15, 0.2) is 24.3 Å². The zero-order valence-electron chi connectivity index (χ0n) is 12.4. The van der Waals surface area contributed by atoms with Gasteiger partial charge in [-0.25, -0.2) is 4.39 Å². The Hall–Kier alpha value is -0.540. The second kappa shape index (κ2) is 8.68. The summed E-state index contributed by atoms with van der Waals surface area (Å²) < 4.78 is 13.3. The first-order chi connectivity index (χ1) is 9.78. The predicted molar refractivity (Wildman–Crippen MR) is 86.9 cm³/mol. The molecule has 1 aromatic rings. The smallest absolute Gasteiger partial charge is 0.123 e. The van der Waals surface area contributed by atoms with Crippen molar-refractivity contribution in [2.24, 2.45) is 5.92 Å². The van der Waals surface area contributed by atoms with E-state index in [9.17, 15) is 4.39 Å². The Bertz CT molecular complexity index is 390. The van der Waals surface area contributed by atoms with E-state index >= 15 is 0 Å². The molecule has 1 unspecified atom stereocenters. The molecule has 1 saturated heterocycles. The zero-order chi connectivity index (χ0) is 14.2. The maximum Gasteiger partial charge on any atom is 0.123 e. The zero-order valence-corrected chi connectivity index (χ0v) is 13.2. The van der Waals surface area contributed by atoms with Crippen LogP contribution in [0.1, 0.15) is 38.2 Å². The lowest BCUT2D eigenvalue weighted by Gasteiger charge is -2.27. The van der Waals surface area contributed by atoms with Gasteiger partial charge in [-0.05, 0) is 73.8 Å². The molecule has 1 aliphatic heterocycles. The number of hydrogen-bond acceptors (Lipinski definition) is 2. The summed E-state index contributed by atoms with van der Waals surface area (Å²) in [4.78, 5) is 0. The maximum atomic E-state index is 13.3. The van der Waals surface area contributed by atoms with Crippen molar-refractivity contribution in [2.75, 3.05) is 18.1 Å². The van der Waals surface area contributed by atoms with E-state index in [0.29, 0.717) is 6.04 Å². The van der Waals surface area contributed by atoms with Gasteiger partial charge in [-0.2, -0.15) is 11.8 Å². The van der Waals surface area contributed by atoms with E-state index in [1.807, 2.05) is 12.1 Å². The third-order valence-electron chi connectivity index (χ3n) is 4.01. The Morgan fingerprint density at radius 1 is 1.35 bits per heavy atom. The van der Waals surface area contributed by atoms with Crippen molar-refractivity contribution >= 4 is 11.8 Å². The predicted octanol–water partition coefficient (Wildman–Crippen LogP) is 4.27. The van der Waals surface area contributed by atoms with E-state index < -0.39 is 0 Å². The lowest BCUT2D eigenvalue weighted by atomic mass is 9.91. The standard InChI is InChI=1S/C17H26FNS/c1-2-8-19-17(12-14-6-9-20-10-7-14)13-15-4-3-5-16(18)11-15/h3-5,11,14,17,19H,2,6-10,12-13H2,1H3. The average molecular weight is 295 g/mol. The summed E-state index contributed by atoms with van der Waals surface area (Å²) >= 11 is 2.08. The highest BCUT2D eigenvalue weighted by Gasteiger charge is 2.19. The summed E-state index contributed by atoms with van der Waals surface area (Å²) in [6.07, 6.45) is 6.02. The summed E-state index contributed by atoms with van der Waals surface area (Å²) in [5, 5.41) is 3.66. The molecule has 0 spiro atoms. The Morgan fingerprint density at radius 3 is 2.85 bits per heavy atom. The molecular weight excluding hydrogens is 269 g/mol. The minimum atomic E-state index is -0.120. The van der Waals surface area contributed by atoms with Crippen LogP contribution in [0.4, 0.5) is 4.39 Å². The number of rotatable bonds is 7. The fourth-order valence-electron chi connectivity index (χ4n) is 2.92. The first kappa shape index (κ1) is 15.8. The Morgan fingerprint density at radius 2 is 2.15 bits per heavy atom. The lowest BCUT2D eigenvalue weighted by molar-refractivity contribution is 0.362. The van der Waals surface area contributed by atoms with Crippen LogP contribution in [0, 0.1) is 11.7 Å².